The molecule has 0 radical (unpaired) electrons. The molecule has 1 atom stereocenters. The fourth-order valence-electron chi connectivity index (χ4n) is 3.96. The van der Waals surface area contributed by atoms with Crippen LogP contribution >= 0.6 is 0 Å². The first-order chi connectivity index (χ1) is 12.9. The van der Waals surface area contributed by atoms with Crippen molar-refractivity contribution in [1.29, 1.82) is 0 Å². The van der Waals surface area contributed by atoms with Crippen molar-refractivity contribution in [2.24, 2.45) is 11.8 Å². The molecule has 7 nitrogen and oxygen atoms in total. The molecule has 0 aromatic carbocycles. The first-order valence-corrected chi connectivity index (χ1v) is 10.3. The van der Waals surface area contributed by atoms with Crippen molar-refractivity contribution in [1.82, 2.24) is 19.9 Å². The van der Waals surface area contributed by atoms with Crippen molar-refractivity contribution in [2.75, 3.05) is 19.6 Å². The molecular formula is C20H32N4O3. The third-order valence-electron chi connectivity index (χ3n) is 5.68. The minimum Gasteiger partial charge on any atom is -0.340 e. The fraction of sp³-hybridized carbons (Fsp3) is 0.800. The molecule has 2 fully saturated rings. The Bertz CT molecular complexity index is 653. The lowest BCUT2D eigenvalue weighted by molar-refractivity contribution is -0.143. The maximum Gasteiger partial charge on any atom is 0.226 e. The van der Waals surface area contributed by atoms with E-state index in [1.165, 1.54) is 0 Å². The molecule has 1 unspecified atom stereocenters. The van der Waals surface area contributed by atoms with Gasteiger partial charge in [0.1, 0.15) is 0 Å². The van der Waals surface area contributed by atoms with Gasteiger partial charge in [0.05, 0.1) is 0 Å². The van der Waals surface area contributed by atoms with Crippen LogP contribution in [0, 0.1) is 11.8 Å². The van der Waals surface area contributed by atoms with E-state index in [4.69, 9.17) is 4.52 Å². The zero-order chi connectivity index (χ0) is 19.4. The molecule has 7 heteroatoms. The van der Waals surface area contributed by atoms with Crippen molar-refractivity contribution >= 4 is 11.8 Å². The van der Waals surface area contributed by atoms with Crippen LogP contribution in [0.5, 0.6) is 0 Å². The first-order valence-electron chi connectivity index (χ1n) is 10.3. The van der Waals surface area contributed by atoms with E-state index in [-0.39, 0.29) is 23.8 Å². The van der Waals surface area contributed by atoms with Gasteiger partial charge < -0.3 is 14.3 Å². The van der Waals surface area contributed by atoms with Crippen LogP contribution in [0.15, 0.2) is 4.52 Å². The number of nitrogens with zero attached hydrogens (tertiary/aromatic N) is 4. The van der Waals surface area contributed by atoms with Crippen molar-refractivity contribution in [2.45, 2.75) is 71.8 Å². The van der Waals surface area contributed by atoms with Gasteiger partial charge in [-0.1, -0.05) is 25.4 Å². The monoisotopic (exact) mass is 376 g/mol. The lowest BCUT2D eigenvalue weighted by Gasteiger charge is -2.41. The summed E-state index contributed by atoms with van der Waals surface area (Å²) in [6, 6.07) is 0.0855. The van der Waals surface area contributed by atoms with Gasteiger partial charge in [-0.2, -0.15) is 4.98 Å². The number of hydrogen-bond donors (Lipinski definition) is 0. The van der Waals surface area contributed by atoms with Gasteiger partial charge in [0.2, 0.25) is 17.7 Å². The molecule has 3 rings (SSSR count). The number of piperidine rings is 1. The molecule has 2 amide bonds. The van der Waals surface area contributed by atoms with Crippen LogP contribution < -0.4 is 0 Å². The molecule has 1 saturated carbocycles. The molecule has 2 heterocycles. The van der Waals surface area contributed by atoms with Crippen molar-refractivity contribution in [3.63, 3.8) is 0 Å². The molecule has 150 valence electrons. The third kappa shape index (κ3) is 5.08. The summed E-state index contributed by atoms with van der Waals surface area (Å²) in [5, 5.41) is 4.04. The summed E-state index contributed by atoms with van der Waals surface area (Å²) in [5.41, 5.74) is 0. The van der Waals surface area contributed by atoms with Gasteiger partial charge in [0.25, 0.3) is 0 Å². The molecule has 1 aromatic rings. The maximum atomic E-state index is 12.6. The molecular weight excluding hydrogens is 344 g/mol. The summed E-state index contributed by atoms with van der Waals surface area (Å²) in [7, 11) is 0. The van der Waals surface area contributed by atoms with Gasteiger partial charge in [-0.3, -0.25) is 9.59 Å². The van der Waals surface area contributed by atoms with Gasteiger partial charge in [0, 0.05) is 51.4 Å². The van der Waals surface area contributed by atoms with E-state index in [1.807, 2.05) is 9.80 Å². The zero-order valence-electron chi connectivity index (χ0n) is 16.8. The topological polar surface area (TPSA) is 79.5 Å². The van der Waals surface area contributed by atoms with Gasteiger partial charge in [-0.05, 0) is 31.6 Å². The minimum absolute atomic E-state index is 0.0452. The predicted molar refractivity (Wildman–Crippen MR) is 101 cm³/mol. The van der Waals surface area contributed by atoms with Crippen molar-refractivity contribution in [3.8, 4) is 0 Å². The number of carbonyl (C=O) groups excluding carboxylic acids is 2. The van der Waals surface area contributed by atoms with Crippen molar-refractivity contribution < 1.29 is 14.1 Å². The average molecular weight is 377 g/mol. The number of likely N-dealkylation sites (tertiary alicyclic amines) is 1. The summed E-state index contributed by atoms with van der Waals surface area (Å²) in [6.45, 7) is 7.86. The second-order valence-electron chi connectivity index (χ2n) is 8.37. The van der Waals surface area contributed by atoms with Crippen molar-refractivity contribution in [3.05, 3.63) is 11.7 Å². The second kappa shape index (κ2) is 8.85. The van der Waals surface area contributed by atoms with Gasteiger partial charge in [0.15, 0.2) is 5.82 Å². The van der Waals surface area contributed by atoms with E-state index in [1.54, 1.807) is 6.92 Å². The van der Waals surface area contributed by atoms with Crippen LogP contribution in [0.3, 0.4) is 0 Å². The fourth-order valence-corrected chi connectivity index (χ4v) is 3.96. The average Bonchev–Trinajstić information content (AvgIpc) is 3.00. The largest absolute Gasteiger partial charge is 0.340 e. The van der Waals surface area contributed by atoms with E-state index >= 15 is 0 Å². The number of carbonyl (C=O) groups is 2. The standard InChI is InChI=1S/C20H32N4O3/c1-14(2)12-19-21-18(22-27-19)9-11-24(15(3)25)17-8-5-10-23(13-17)20(26)16-6-4-7-16/h14,16-17H,4-13H2,1-3H3. The molecule has 1 aliphatic carbocycles. The highest BCUT2D eigenvalue weighted by molar-refractivity contribution is 5.80. The third-order valence-corrected chi connectivity index (χ3v) is 5.68. The lowest BCUT2D eigenvalue weighted by Crippen LogP contribution is -2.53. The number of rotatable bonds is 7. The molecule has 1 aliphatic heterocycles. The van der Waals surface area contributed by atoms with Crippen LogP contribution in [0.2, 0.25) is 0 Å². The summed E-state index contributed by atoms with van der Waals surface area (Å²) < 4.78 is 5.29. The minimum atomic E-state index is 0.0452. The summed E-state index contributed by atoms with van der Waals surface area (Å²) in [6.07, 6.45) is 6.45. The molecule has 2 aliphatic rings. The molecule has 27 heavy (non-hydrogen) atoms. The summed E-state index contributed by atoms with van der Waals surface area (Å²) >= 11 is 0. The maximum absolute atomic E-state index is 12.6. The number of aromatic nitrogens is 2. The normalized spacial score (nSPS) is 20.6. The van der Waals surface area contributed by atoms with Gasteiger partial charge in [-0.15, -0.1) is 0 Å². The van der Waals surface area contributed by atoms with E-state index in [9.17, 15) is 9.59 Å². The Hall–Kier alpha value is -1.92. The predicted octanol–water partition coefficient (Wildman–Crippen LogP) is 2.45. The Morgan fingerprint density at radius 3 is 2.67 bits per heavy atom. The molecule has 0 bridgehead atoms. The molecule has 0 spiro atoms. The SMILES string of the molecule is CC(=O)N(CCc1noc(CC(C)C)n1)C1CCCN(C(=O)C2CCC2)C1. The summed E-state index contributed by atoms with van der Waals surface area (Å²) in [4.78, 5) is 33.1. The number of amides is 2. The Morgan fingerprint density at radius 1 is 1.26 bits per heavy atom. The highest BCUT2D eigenvalue weighted by Gasteiger charge is 2.34. The van der Waals surface area contributed by atoms with E-state index in [0.29, 0.717) is 37.1 Å². The highest BCUT2D eigenvalue weighted by Crippen LogP contribution is 2.29. The first kappa shape index (κ1) is 19.8. The van der Waals surface area contributed by atoms with Gasteiger partial charge in [-0.25, -0.2) is 0 Å². The molecule has 1 aromatic heterocycles. The number of hydrogen-bond acceptors (Lipinski definition) is 5. The lowest BCUT2D eigenvalue weighted by atomic mass is 9.84. The van der Waals surface area contributed by atoms with Crippen LogP contribution in [0.25, 0.3) is 0 Å². The van der Waals surface area contributed by atoms with E-state index in [2.05, 4.69) is 24.0 Å². The van der Waals surface area contributed by atoms with Crippen LogP contribution in [0.1, 0.15) is 64.6 Å². The molecule has 0 N–H and O–H groups in total. The quantitative estimate of drug-likeness (QED) is 0.730. The highest BCUT2D eigenvalue weighted by atomic mass is 16.5. The smallest absolute Gasteiger partial charge is 0.226 e. The Balaban J connectivity index is 1.56. The van der Waals surface area contributed by atoms with E-state index < -0.39 is 0 Å². The van der Waals surface area contributed by atoms with Crippen LogP contribution in [-0.4, -0.2) is 57.4 Å². The second-order valence-corrected chi connectivity index (χ2v) is 8.37. The Labute approximate surface area is 161 Å². The van der Waals surface area contributed by atoms with Gasteiger partial charge >= 0.3 is 0 Å². The Morgan fingerprint density at radius 2 is 2.04 bits per heavy atom. The zero-order valence-corrected chi connectivity index (χ0v) is 16.8. The van der Waals surface area contributed by atoms with Crippen LogP contribution in [0.4, 0.5) is 0 Å². The summed E-state index contributed by atoms with van der Waals surface area (Å²) in [5.74, 6) is 2.32. The van der Waals surface area contributed by atoms with E-state index in [0.717, 1.165) is 45.1 Å². The molecule has 1 saturated heterocycles. The van der Waals surface area contributed by atoms with Crippen LogP contribution in [-0.2, 0) is 22.4 Å². The Kier molecular flexibility index (Phi) is 6.50.